The van der Waals surface area contributed by atoms with Crippen LogP contribution in [0.4, 0.5) is 5.82 Å². The van der Waals surface area contributed by atoms with Crippen molar-refractivity contribution in [3.8, 4) is 0 Å². The summed E-state index contributed by atoms with van der Waals surface area (Å²) in [5.41, 5.74) is -0.517. The van der Waals surface area contributed by atoms with E-state index in [1.165, 1.54) is 6.20 Å². The van der Waals surface area contributed by atoms with Crippen LogP contribution in [0.15, 0.2) is 12.4 Å². The lowest BCUT2D eigenvalue weighted by Gasteiger charge is -2.53. The summed E-state index contributed by atoms with van der Waals surface area (Å²) in [6, 6.07) is 0.836. The topological polar surface area (TPSA) is 108 Å². The largest absolute Gasteiger partial charge is 0.476 e. The minimum atomic E-state index is -1.09. The van der Waals surface area contributed by atoms with E-state index >= 15 is 0 Å². The number of nitrogens with one attached hydrogen (secondary N) is 1. The van der Waals surface area contributed by atoms with E-state index in [0.717, 1.165) is 71.4 Å². The number of amides is 1. The van der Waals surface area contributed by atoms with Crippen LogP contribution in [0.25, 0.3) is 0 Å². The van der Waals surface area contributed by atoms with E-state index < -0.39 is 11.4 Å². The summed E-state index contributed by atoms with van der Waals surface area (Å²) in [5, 5.41) is 12.6. The average molecular weight is 430 g/mol. The molecule has 9 nitrogen and oxygen atoms in total. The first-order chi connectivity index (χ1) is 15.0. The lowest BCUT2D eigenvalue weighted by atomic mass is 9.61. The van der Waals surface area contributed by atoms with Gasteiger partial charge in [-0.15, -0.1) is 0 Å². The molecule has 1 aromatic heterocycles. The first-order valence-electron chi connectivity index (χ1n) is 11.5. The Bertz CT molecular complexity index is 841. The van der Waals surface area contributed by atoms with Crippen molar-refractivity contribution in [3.63, 3.8) is 0 Å². The molecule has 3 atom stereocenters. The van der Waals surface area contributed by atoms with Crippen molar-refractivity contribution in [2.75, 3.05) is 44.3 Å². The summed E-state index contributed by atoms with van der Waals surface area (Å²) in [5.74, 6) is -0.0455. The number of morpholine rings is 1. The van der Waals surface area contributed by atoms with Crippen molar-refractivity contribution in [1.82, 2.24) is 20.2 Å². The molecule has 0 spiro atoms. The zero-order chi connectivity index (χ0) is 21.4. The summed E-state index contributed by atoms with van der Waals surface area (Å²) < 4.78 is 5.53. The zero-order valence-corrected chi connectivity index (χ0v) is 17.8. The molecule has 0 bridgehead atoms. The number of fused-ring (bicyclic) bond motifs is 1. The van der Waals surface area contributed by atoms with Gasteiger partial charge < -0.3 is 20.1 Å². The lowest BCUT2D eigenvalue weighted by molar-refractivity contribution is -0.139. The van der Waals surface area contributed by atoms with E-state index in [0.29, 0.717) is 30.4 Å². The molecule has 2 N–H and O–H groups in total. The van der Waals surface area contributed by atoms with Crippen LogP contribution in [-0.2, 0) is 9.53 Å². The van der Waals surface area contributed by atoms with Gasteiger partial charge in [-0.2, -0.15) is 0 Å². The Labute approximate surface area is 182 Å². The predicted molar refractivity (Wildman–Crippen MR) is 113 cm³/mol. The standard InChI is InChI=1S/C22H31N5O4/c28-20(29)18-12-23-13-19(25-18)27-6-4-15-11-17(26-7-9-31-10-8-26)3-5-22(15,14-27)21(30)24-16-1-2-16/h12-13,15-17H,1-11,14H2,(H,24,30)(H,28,29)/t15-,17+,22-/m1/s1. The maximum Gasteiger partial charge on any atom is 0.356 e. The molecule has 31 heavy (non-hydrogen) atoms. The van der Waals surface area contributed by atoms with Crippen LogP contribution >= 0.6 is 0 Å². The molecular formula is C22H31N5O4. The van der Waals surface area contributed by atoms with Crippen molar-refractivity contribution in [2.24, 2.45) is 11.3 Å². The fourth-order valence-electron chi connectivity index (χ4n) is 5.64. The highest BCUT2D eigenvalue weighted by molar-refractivity contribution is 5.86. The first-order valence-corrected chi connectivity index (χ1v) is 11.5. The second kappa shape index (κ2) is 8.35. The summed E-state index contributed by atoms with van der Waals surface area (Å²) in [6.07, 6.45) is 8.80. The highest BCUT2D eigenvalue weighted by atomic mass is 16.5. The minimum absolute atomic E-state index is 0.0628. The van der Waals surface area contributed by atoms with Gasteiger partial charge in [-0.1, -0.05) is 0 Å². The number of carbonyl (C=O) groups is 2. The zero-order valence-electron chi connectivity index (χ0n) is 17.8. The Morgan fingerprint density at radius 1 is 1.13 bits per heavy atom. The number of hydrogen-bond donors (Lipinski definition) is 2. The Morgan fingerprint density at radius 2 is 1.94 bits per heavy atom. The van der Waals surface area contributed by atoms with E-state index in [9.17, 15) is 14.7 Å². The number of carboxylic acids is 1. The maximum absolute atomic E-state index is 13.5. The van der Waals surface area contributed by atoms with Gasteiger partial charge in [0.1, 0.15) is 5.82 Å². The van der Waals surface area contributed by atoms with Crippen molar-refractivity contribution >= 4 is 17.7 Å². The number of ether oxygens (including phenoxy) is 1. The average Bonchev–Trinajstić information content (AvgIpc) is 3.63. The molecule has 2 aliphatic carbocycles. The third-order valence-electron chi connectivity index (χ3n) is 7.57. The number of piperidine rings is 1. The quantitative estimate of drug-likeness (QED) is 0.718. The molecule has 0 radical (unpaired) electrons. The van der Waals surface area contributed by atoms with E-state index in [4.69, 9.17) is 4.74 Å². The fourth-order valence-corrected chi connectivity index (χ4v) is 5.64. The summed E-state index contributed by atoms with van der Waals surface area (Å²) in [4.78, 5) is 37.9. The van der Waals surface area contributed by atoms with Crippen LogP contribution in [-0.4, -0.2) is 83.3 Å². The molecule has 2 saturated carbocycles. The number of anilines is 1. The van der Waals surface area contributed by atoms with Crippen molar-refractivity contribution in [3.05, 3.63) is 18.1 Å². The van der Waals surface area contributed by atoms with Crippen LogP contribution < -0.4 is 10.2 Å². The molecule has 4 aliphatic rings. The third kappa shape index (κ3) is 4.13. The molecule has 4 fully saturated rings. The van der Waals surface area contributed by atoms with Gasteiger partial charge in [0.25, 0.3) is 0 Å². The number of nitrogens with zero attached hydrogens (tertiary/aromatic N) is 4. The van der Waals surface area contributed by atoms with Gasteiger partial charge >= 0.3 is 5.97 Å². The maximum atomic E-state index is 13.5. The van der Waals surface area contributed by atoms with Gasteiger partial charge in [-0.25, -0.2) is 9.78 Å². The normalized spacial score (nSPS) is 31.7. The molecule has 1 aromatic rings. The summed E-state index contributed by atoms with van der Waals surface area (Å²) >= 11 is 0. The number of carboxylic acid groups (broad SMARTS) is 1. The number of carbonyl (C=O) groups excluding carboxylic acids is 1. The summed E-state index contributed by atoms with van der Waals surface area (Å²) in [7, 11) is 0. The molecule has 2 aliphatic heterocycles. The molecule has 0 unspecified atom stereocenters. The number of rotatable bonds is 5. The molecular weight excluding hydrogens is 398 g/mol. The number of hydrogen-bond acceptors (Lipinski definition) is 7. The summed E-state index contributed by atoms with van der Waals surface area (Å²) in [6.45, 7) is 4.87. The van der Waals surface area contributed by atoms with Crippen molar-refractivity contribution in [1.29, 1.82) is 0 Å². The highest BCUT2D eigenvalue weighted by Crippen LogP contribution is 2.48. The SMILES string of the molecule is O=C(O)c1cncc(N2CC[C@@H]3C[C@@H](N4CCOCC4)CC[C@@]3(C(=O)NC3CC3)C2)n1. The molecule has 9 heteroatoms. The number of aromatic nitrogens is 2. The van der Waals surface area contributed by atoms with Gasteiger partial charge in [0.15, 0.2) is 5.69 Å². The van der Waals surface area contributed by atoms with Gasteiger partial charge in [0, 0.05) is 38.3 Å². The van der Waals surface area contributed by atoms with Crippen LogP contribution in [0.2, 0.25) is 0 Å². The molecule has 168 valence electrons. The van der Waals surface area contributed by atoms with Crippen molar-refractivity contribution < 1.29 is 19.4 Å². The Balaban J connectivity index is 1.38. The lowest BCUT2D eigenvalue weighted by Crippen LogP contribution is -2.61. The Morgan fingerprint density at radius 3 is 2.68 bits per heavy atom. The third-order valence-corrected chi connectivity index (χ3v) is 7.57. The first kappa shape index (κ1) is 20.6. The van der Waals surface area contributed by atoms with Gasteiger partial charge in [-0.05, 0) is 44.4 Å². The molecule has 3 heterocycles. The monoisotopic (exact) mass is 429 g/mol. The van der Waals surface area contributed by atoms with Crippen LogP contribution in [0.3, 0.4) is 0 Å². The van der Waals surface area contributed by atoms with E-state index in [-0.39, 0.29) is 11.6 Å². The van der Waals surface area contributed by atoms with Crippen LogP contribution in [0.1, 0.15) is 49.0 Å². The molecule has 2 saturated heterocycles. The van der Waals surface area contributed by atoms with Crippen molar-refractivity contribution in [2.45, 2.75) is 50.6 Å². The smallest absolute Gasteiger partial charge is 0.356 e. The predicted octanol–water partition coefficient (Wildman–Crippen LogP) is 1.15. The molecule has 1 amide bonds. The Kier molecular flexibility index (Phi) is 5.56. The van der Waals surface area contributed by atoms with Crippen LogP contribution in [0, 0.1) is 11.3 Å². The Hall–Kier alpha value is -2.26. The van der Waals surface area contributed by atoms with Gasteiger partial charge in [0.05, 0.1) is 31.0 Å². The fraction of sp³-hybridized carbons (Fsp3) is 0.727. The second-order valence-corrected chi connectivity index (χ2v) is 9.46. The second-order valence-electron chi connectivity index (χ2n) is 9.46. The minimum Gasteiger partial charge on any atom is -0.476 e. The highest BCUT2D eigenvalue weighted by Gasteiger charge is 2.53. The van der Waals surface area contributed by atoms with Gasteiger partial charge in [0.2, 0.25) is 5.91 Å². The number of aromatic carboxylic acids is 1. The van der Waals surface area contributed by atoms with Gasteiger partial charge in [-0.3, -0.25) is 14.7 Å². The van der Waals surface area contributed by atoms with E-state index in [2.05, 4.69) is 25.1 Å². The van der Waals surface area contributed by atoms with E-state index in [1.54, 1.807) is 6.20 Å². The van der Waals surface area contributed by atoms with Crippen LogP contribution in [0.5, 0.6) is 0 Å². The van der Waals surface area contributed by atoms with E-state index in [1.807, 2.05) is 0 Å². The molecule has 5 rings (SSSR count). The molecule has 0 aromatic carbocycles.